The molecule has 4 heteroatoms. The molecule has 0 unspecified atom stereocenters. The van der Waals surface area contributed by atoms with Gasteiger partial charge in [0.2, 0.25) is 0 Å². The Hall–Kier alpha value is -2.36. The van der Waals surface area contributed by atoms with Crippen molar-refractivity contribution in [1.82, 2.24) is 14.1 Å². The number of benzene rings is 1. The third kappa shape index (κ3) is 1.95. The predicted molar refractivity (Wildman–Crippen MR) is 74.2 cm³/mol. The van der Waals surface area contributed by atoms with Gasteiger partial charge in [-0.15, -0.1) is 0 Å². The number of ketones is 1. The molecule has 3 aromatic rings. The van der Waals surface area contributed by atoms with E-state index < -0.39 is 0 Å². The van der Waals surface area contributed by atoms with E-state index in [0.29, 0.717) is 6.54 Å². The number of nitrogens with zero attached hydrogens (tertiary/aromatic N) is 3. The lowest BCUT2D eigenvalue weighted by Crippen LogP contribution is -2.14. The molecule has 0 amide bonds. The number of carbonyl (C=O) groups is 1. The van der Waals surface area contributed by atoms with Crippen LogP contribution in [0.25, 0.3) is 11.0 Å². The fourth-order valence-corrected chi connectivity index (χ4v) is 2.37. The van der Waals surface area contributed by atoms with Crippen molar-refractivity contribution in [2.45, 2.75) is 13.5 Å². The first-order valence-electron chi connectivity index (χ1n) is 6.23. The van der Waals surface area contributed by atoms with E-state index in [1.807, 2.05) is 65.7 Å². The molecule has 0 atom stereocenters. The van der Waals surface area contributed by atoms with Gasteiger partial charge in [0.05, 0.1) is 23.3 Å². The first kappa shape index (κ1) is 11.7. The number of aromatic nitrogens is 3. The van der Waals surface area contributed by atoms with Gasteiger partial charge in [-0.25, -0.2) is 4.98 Å². The second-order valence-electron chi connectivity index (χ2n) is 4.66. The average Bonchev–Trinajstić information content (AvgIpc) is 2.94. The summed E-state index contributed by atoms with van der Waals surface area (Å²) in [7, 11) is 1.88. The second-order valence-corrected chi connectivity index (χ2v) is 4.66. The topological polar surface area (TPSA) is 39.8 Å². The Balaban J connectivity index is 2.00. The van der Waals surface area contributed by atoms with E-state index in [9.17, 15) is 4.79 Å². The van der Waals surface area contributed by atoms with Gasteiger partial charge in [-0.1, -0.05) is 12.1 Å². The van der Waals surface area contributed by atoms with Crippen LogP contribution in [0.5, 0.6) is 0 Å². The minimum atomic E-state index is 0.0961. The fraction of sp³-hybridized carbons (Fsp3) is 0.200. The van der Waals surface area contributed by atoms with Crippen LogP contribution in [0.4, 0.5) is 0 Å². The summed E-state index contributed by atoms with van der Waals surface area (Å²) >= 11 is 0. The molecule has 0 aliphatic heterocycles. The van der Waals surface area contributed by atoms with Crippen molar-refractivity contribution >= 4 is 16.8 Å². The van der Waals surface area contributed by atoms with Gasteiger partial charge in [0, 0.05) is 13.2 Å². The number of hydrogen-bond donors (Lipinski definition) is 0. The summed E-state index contributed by atoms with van der Waals surface area (Å²) in [6, 6.07) is 11.6. The SMILES string of the molecule is Cc1nc2ccccc2n1CC(=O)c1cccn1C. The summed E-state index contributed by atoms with van der Waals surface area (Å²) in [4.78, 5) is 16.8. The summed E-state index contributed by atoms with van der Waals surface area (Å²) in [6.45, 7) is 2.25. The Morgan fingerprint density at radius 2 is 2.00 bits per heavy atom. The van der Waals surface area contributed by atoms with Gasteiger partial charge in [-0.05, 0) is 31.2 Å². The van der Waals surface area contributed by atoms with E-state index in [2.05, 4.69) is 4.98 Å². The maximum Gasteiger partial charge on any atom is 0.198 e. The molecule has 3 rings (SSSR count). The number of imidazole rings is 1. The van der Waals surface area contributed by atoms with Crippen molar-refractivity contribution in [3.63, 3.8) is 0 Å². The number of fused-ring (bicyclic) bond motifs is 1. The predicted octanol–water partition coefficient (Wildman–Crippen LogP) is 2.57. The standard InChI is InChI=1S/C15H15N3O/c1-11-16-12-6-3-4-7-13(12)18(11)10-15(19)14-8-5-9-17(14)2/h3-9H,10H2,1-2H3. The Kier molecular flexibility index (Phi) is 2.71. The highest BCUT2D eigenvalue weighted by Gasteiger charge is 2.13. The van der Waals surface area contributed by atoms with Gasteiger partial charge < -0.3 is 9.13 Å². The minimum Gasteiger partial charge on any atom is -0.348 e. The Bertz CT molecular complexity index is 752. The number of hydrogen-bond acceptors (Lipinski definition) is 2. The second kappa shape index (κ2) is 4.39. The molecule has 1 aromatic carbocycles. The minimum absolute atomic E-state index is 0.0961. The van der Waals surface area contributed by atoms with Gasteiger partial charge in [-0.3, -0.25) is 4.79 Å². The molecule has 0 aliphatic rings. The molecule has 4 nitrogen and oxygen atoms in total. The van der Waals surface area contributed by atoms with Crippen LogP contribution in [-0.4, -0.2) is 19.9 Å². The van der Waals surface area contributed by atoms with Gasteiger partial charge in [0.15, 0.2) is 5.78 Å². The summed E-state index contributed by atoms with van der Waals surface area (Å²) in [5.74, 6) is 0.961. The number of rotatable bonds is 3. The van der Waals surface area contributed by atoms with Crippen LogP contribution < -0.4 is 0 Å². The molecule has 2 heterocycles. The third-order valence-corrected chi connectivity index (χ3v) is 3.38. The molecule has 0 saturated carbocycles. The van der Waals surface area contributed by atoms with Crippen LogP contribution >= 0.6 is 0 Å². The molecular formula is C15H15N3O. The largest absolute Gasteiger partial charge is 0.348 e. The maximum absolute atomic E-state index is 12.3. The van der Waals surface area contributed by atoms with E-state index in [1.165, 1.54) is 0 Å². The van der Waals surface area contributed by atoms with E-state index in [4.69, 9.17) is 0 Å². The normalized spacial score (nSPS) is 11.1. The first-order chi connectivity index (χ1) is 9.16. The number of aryl methyl sites for hydroxylation is 2. The third-order valence-electron chi connectivity index (χ3n) is 3.38. The van der Waals surface area contributed by atoms with Crippen LogP contribution in [0, 0.1) is 6.92 Å². The fourth-order valence-electron chi connectivity index (χ4n) is 2.37. The smallest absolute Gasteiger partial charge is 0.198 e. The van der Waals surface area contributed by atoms with Crippen molar-refractivity contribution in [1.29, 1.82) is 0 Å². The van der Waals surface area contributed by atoms with E-state index in [1.54, 1.807) is 0 Å². The zero-order valence-electron chi connectivity index (χ0n) is 11.0. The highest BCUT2D eigenvalue weighted by molar-refractivity contribution is 5.95. The highest BCUT2D eigenvalue weighted by atomic mass is 16.1. The lowest BCUT2D eigenvalue weighted by Gasteiger charge is -2.07. The molecule has 19 heavy (non-hydrogen) atoms. The summed E-state index contributed by atoms with van der Waals surface area (Å²) in [5.41, 5.74) is 2.65. The molecule has 0 bridgehead atoms. The molecule has 0 N–H and O–H groups in total. The van der Waals surface area contributed by atoms with Crippen LogP contribution in [-0.2, 0) is 13.6 Å². The van der Waals surface area contributed by atoms with Crippen LogP contribution in [0.3, 0.4) is 0 Å². The van der Waals surface area contributed by atoms with Gasteiger partial charge in [0.25, 0.3) is 0 Å². The monoisotopic (exact) mass is 253 g/mol. The van der Waals surface area contributed by atoms with E-state index in [-0.39, 0.29) is 5.78 Å². The quantitative estimate of drug-likeness (QED) is 0.673. The lowest BCUT2D eigenvalue weighted by molar-refractivity contribution is 0.0964. The van der Waals surface area contributed by atoms with Crippen molar-refractivity contribution in [2.75, 3.05) is 0 Å². The molecular weight excluding hydrogens is 238 g/mol. The molecule has 0 radical (unpaired) electrons. The lowest BCUT2D eigenvalue weighted by atomic mass is 10.2. The molecule has 96 valence electrons. The van der Waals surface area contributed by atoms with E-state index in [0.717, 1.165) is 22.6 Å². The van der Waals surface area contributed by atoms with E-state index >= 15 is 0 Å². The molecule has 0 fully saturated rings. The van der Waals surface area contributed by atoms with Crippen molar-refractivity contribution < 1.29 is 4.79 Å². The first-order valence-corrected chi connectivity index (χ1v) is 6.23. The van der Waals surface area contributed by atoms with Crippen LogP contribution in [0.1, 0.15) is 16.3 Å². The van der Waals surface area contributed by atoms with Crippen LogP contribution in [0.2, 0.25) is 0 Å². The Labute approximate surface area is 111 Å². The Morgan fingerprint density at radius 1 is 1.21 bits per heavy atom. The average molecular weight is 253 g/mol. The molecule has 2 aromatic heterocycles. The van der Waals surface area contributed by atoms with Crippen LogP contribution in [0.15, 0.2) is 42.6 Å². The summed E-state index contributed by atoms with van der Waals surface area (Å²) in [6.07, 6.45) is 1.88. The van der Waals surface area contributed by atoms with Gasteiger partial charge >= 0.3 is 0 Å². The van der Waals surface area contributed by atoms with Crippen molar-refractivity contribution in [2.24, 2.45) is 7.05 Å². The van der Waals surface area contributed by atoms with Gasteiger partial charge in [0.1, 0.15) is 5.82 Å². The van der Waals surface area contributed by atoms with Crippen molar-refractivity contribution in [3.8, 4) is 0 Å². The number of Topliss-reactive ketones (excluding diaryl/α,β-unsaturated/α-hetero) is 1. The zero-order chi connectivity index (χ0) is 13.4. The maximum atomic E-state index is 12.3. The molecule has 0 saturated heterocycles. The van der Waals surface area contributed by atoms with Gasteiger partial charge in [-0.2, -0.15) is 0 Å². The molecule has 0 aliphatic carbocycles. The van der Waals surface area contributed by atoms with Crippen molar-refractivity contribution in [3.05, 3.63) is 54.1 Å². The summed E-state index contributed by atoms with van der Waals surface area (Å²) < 4.78 is 3.81. The number of para-hydroxylation sites is 2. The molecule has 0 spiro atoms. The Morgan fingerprint density at radius 3 is 2.74 bits per heavy atom. The zero-order valence-corrected chi connectivity index (χ0v) is 11.0. The highest BCUT2D eigenvalue weighted by Crippen LogP contribution is 2.16. The summed E-state index contributed by atoms with van der Waals surface area (Å²) in [5, 5.41) is 0. The number of carbonyl (C=O) groups excluding carboxylic acids is 1.